The highest BCUT2D eigenvalue weighted by Gasteiger charge is 2.78. The van der Waals surface area contributed by atoms with Crippen molar-refractivity contribution in [1.82, 2.24) is 0 Å². The quantitative estimate of drug-likeness (QED) is 0.740. The van der Waals surface area contributed by atoms with E-state index in [9.17, 15) is 10.2 Å². The van der Waals surface area contributed by atoms with Crippen LogP contribution >= 0.6 is 0 Å². The lowest BCUT2D eigenvalue weighted by Gasteiger charge is -2.50. The maximum absolute atomic E-state index is 11.1. The summed E-state index contributed by atoms with van der Waals surface area (Å²) in [5.74, 6) is 0.0717. The van der Waals surface area contributed by atoms with Gasteiger partial charge in [0.25, 0.3) is 0 Å². The molecular weight excluding hydrogens is 212 g/mol. The maximum atomic E-state index is 11.1. The van der Waals surface area contributed by atoms with Crippen molar-refractivity contribution in [2.75, 3.05) is 0 Å². The number of fused-ring (bicyclic) bond motifs is 2. The average molecular weight is 236 g/mol. The predicted octanol–water partition coefficient (Wildman–Crippen LogP) is 2.67. The third-order valence-corrected chi connectivity index (χ3v) is 6.08. The van der Waals surface area contributed by atoms with Crippen molar-refractivity contribution in [2.45, 2.75) is 51.2 Å². The summed E-state index contributed by atoms with van der Waals surface area (Å²) < 4.78 is 0. The molecule has 2 bridgehead atoms. The third-order valence-electron chi connectivity index (χ3n) is 6.08. The molecule has 0 saturated heterocycles. The van der Waals surface area contributed by atoms with Crippen LogP contribution in [0.5, 0.6) is 0 Å². The minimum absolute atomic E-state index is 0.0717. The molecule has 2 heteroatoms. The van der Waals surface area contributed by atoms with Gasteiger partial charge in [-0.05, 0) is 30.6 Å². The van der Waals surface area contributed by atoms with E-state index in [1.165, 1.54) is 0 Å². The van der Waals surface area contributed by atoms with Gasteiger partial charge in [-0.25, -0.2) is 0 Å². The molecular formula is C15H24O2. The molecule has 4 atom stereocenters. The van der Waals surface area contributed by atoms with Gasteiger partial charge in [0.1, 0.15) is 11.2 Å². The van der Waals surface area contributed by atoms with E-state index in [4.69, 9.17) is 0 Å². The van der Waals surface area contributed by atoms with Crippen molar-refractivity contribution in [2.24, 2.45) is 16.7 Å². The third kappa shape index (κ3) is 1.05. The molecule has 2 aliphatic carbocycles. The summed E-state index contributed by atoms with van der Waals surface area (Å²) in [5, 5.41) is 22.0. The van der Waals surface area contributed by atoms with Crippen LogP contribution in [0.25, 0.3) is 0 Å². The predicted molar refractivity (Wildman–Crippen MR) is 69.5 cm³/mol. The molecule has 0 radical (unpaired) electrons. The number of hydrogen-bond acceptors (Lipinski definition) is 2. The van der Waals surface area contributed by atoms with Gasteiger partial charge in [-0.3, -0.25) is 0 Å². The zero-order chi connectivity index (χ0) is 13.1. The topological polar surface area (TPSA) is 40.5 Å². The Labute approximate surface area is 104 Å². The molecule has 0 aromatic rings. The molecule has 4 unspecified atom stereocenters. The van der Waals surface area contributed by atoms with Crippen molar-refractivity contribution in [1.29, 1.82) is 0 Å². The summed E-state index contributed by atoms with van der Waals surface area (Å²) in [4.78, 5) is 0. The Hall–Kier alpha value is -0.600. The first-order valence-electron chi connectivity index (χ1n) is 6.40. The lowest BCUT2D eigenvalue weighted by atomic mass is 9.61. The SMILES string of the molecule is C=CCC1(O)C(O)(C=C)C2CCC1(C)C2(C)C. The Bertz CT molecular complexity index is 373. The zero-order valence-electron chi connectivity index (χ0n) is 11.2. The molecule has 0 aromatic carbocycles. The van der Waals surface area contributed by atoms with Gasteiger partial charge in [-0.2, -0.15) is 0 Å². The van der Waals surface area contributed by atoms with Gasteiger partial charge in [-0.15, -0.1) is 13.2 Å². The van der Waals surface area contributed by atoms with Gasteiger partial charge in [0.15, 0.2) is 0 Å². The lowest BCUT2D eigenvalue weighted by Crippen LogP contribution is -2.60. The van der Waals surface area contributed by atoms with Gasteiger partial charge < -0.3 is 10.2 Å². The first kappa shape index (κ1) is 12.8. The van der Waals surface area contributed by atoms with Gasteiger partial charge >= 0.3 is 0 Å². The second-order valence-electron chi connectivity index (χ2n) is 6.53. The second-order valence-corrected chi connectivity index (χ2v) is 6.53. The van der Waals surface area contributed by atoms with Crippen molar-refractivity contribution in [3.05, 3.63) is 25.3 Å². The molecule has 2 fully saturated rings. The first-order chi connectivity index (χ1) is 7.71. The van der Waals surface area contributed by atoms with E-state index in [0.29, 0.717) is 6.42 Å². The van der Waals surface area contributed by atoms with E-state index in [1.807, 2.05) is 0 Å². The Morgan fingerprint density at radius 3 is 2.29 bits per heavy atom. The minimum atomic E-state index is -1.20. The molecule has 2 rings (SSSR count). The first-order valence-corrected chi connectivity index (χ1v) is 6.40. The molecule has 0 spiro atoms. The summed E-state index contributed by atoms with van der Waals surface area (Å²) in [6.07, 6.45) is 5.56. The summed E-state index contributed by atoms with van der Waals surface area (Å²) in [6.45, 7) is 13.9. The molecule has 2 saturated carbocycles. The smallest absolute Gasteiger partial charge is 0.115 e. The fourth-order valence-electron chi connectivity index (χ4n) is 4.65. The number of hydrogen-bond donors (Lipinski definition) is 2. The van der Waals surface area contributed by atoms with E-state index in [0.717, 1.165) is 12.8 Å². The highest BCUT2D eigenvalue weighted by Crippen LogP contribution is 2.74. The van der Waals surface area contributed by atoms with Crippen molar-refractivity contribution >= 4 is 0 Å². The molecule has 96 valence electrons. The average Bonchev–Trinajstić information content (AvgIpc) is 2.54. The lowest BCUT2D eigenvalue weighted by molar-refractivity contribution is -0.181. The number of rotatable bonds is 3. The van der Waals surface area contributed by atoms with Crippen LogP contribution in [0.1, 0.15) is 40.0 Å². The van der Waals surface area contributed by atoms with Crippen LogP contribution in [0.15, 0.2) is 25.3 Å². The molecule has 0 heterocycles. The molecule has 0 aliphatic heterocycles. The van der Waals surface area contributed by atoms with Crippen LogP contribution in [-0.2, 0) is 0 Å². The van der Waals surface area contributed by atoms with E-state index in [-0.39, 0.29) is 16.7 Å². The standard InChI is InChI=1S/C15H24O2/c1-6-9-15(17)13(5)10-8-11(12(13,3)4)14(15,16)7-2/h6-7,11,16-17H,1-2,8-10H2,3-5H3. The Morgan fingerprint density at radius 1 is 1.24 bits per heavy atom. The zero-order valence-corrected chi connectivity index (χ0v) is 11.2. The maximum Gasteiger partial charge on any atom is 0.115 e. The van der Waals surface area contributed by atoms with Crippen LogP contribution in [0.4, 0.5) is 0 Å². The Morgan fingerprint density at radius 2 is 1.82 bits per heavy atom. The molecule has 0 amide bonds. The van der Waals surface area contributed by atoms with Gasteiger partial charge in [0.05, 0.1) is 0 Å². The van der Waals surface area contributed by atoms with E-state index >= 15 is 0 Å². The van der Waals surface area contributed by atoms with Gasteiger partial charge in [0, 0.05) is 5.41 Å². The second kappa shape index (κ2) is 3.24. The fraction of sp³-hybridized carbons (Fsp3) is 0.733. The van der Waals surface area contributed by atoms with Crippen molar-refractivity contribution in [3.63, 3.8) is 0 Å². The summed E-state index contributed by atoms with van der Waals surface area (Å²) in [7, 11) is 0. The van der Waals surface area contributed by atoms with E-state index in [2.05, 4.69) is 33.9 Å². The molecule has 2 N–H and O–H groups in total. The Kier molecular flexibility index (Phi) is 2.45. The van der Waals surface area contributed by atoms with Crippen LogP contribution in [0.2, 0.25) is 0 Å². The van der Waals surface area contributed by atoms with Crippen LogP contribution in [-0.4, -0.2) is 21.4 Å². The van der Waals surface area contributed by atoms with Crippen LogP contribution in [0.3, 0.4) is 0 Å². The van der Waals surface area contributed by atoms with Crippen LogP contribution in [0, 0.1) is 16.7 Å². The van der Waals surface area contributed by atoms with Gasteiger partial charge in [-0.1, -0.05) is 32.9 Å². The molecule has 2 aliphatic rings. The minimum Gasteiger partial charge on any atom is -0.386 e. The molecule has 2 nitrogen and oxygen atoms in total. The normalized spacial score (nSPS) is 51.5. The van der Waals surface area contributed by atoms with E-state index < -0.39 is 11.2 Å². The largest absolute Gasteiger partial charge is 0.386 e. The van der Waals surface area contributed by atoms with E-state index in [1.54, 1.807) is 12.2 Å². The summed E-state index contributed by atoms with van der Waals surface area (Å²) in [5.41, 5.74) is -2.72. The van der Waals surface area contributed by atoms with Crippen molar-refractivity contribution in [3.8, 4) is 0 Å². The number of aliphatic hydroxyl groups is 2. The summed E-state index contributed by atoms with van der Waals surface area (Å²) >= 11 is 0. The molecule has 17 heavy (non-hydrogen) atoms. The highest BCUT2D eigenvalue weighted by molar-refractivity contribution is 5.33. The summed E-state index contributed by atoms with van der Waals surface area (Å²) in [6, 6.07) is 0. The monoisotopic (exact) mass is 236 g/mol. The van der Waals surface area contributed by atoms with Crippen LogP contribution < -0.4 is 0 Å². The molecule has 0 aromatic heterocycles. The van der Waals surface area contributed by atoms with Gasteiger partial charge in [0.2, 0.25) is 0 Å². The fourth-order valence-corrected chi connectivity index (χ4v) is 4.65. The van der Waals surface area contributed by atoms with Crippen molar-refractivity contribution < 1.29 is 10.2 Å². The highest BCUT2D eigenvalue weighted by atomic mass is 16.4. The Balaban J connectivity index is 2.65.